The van der Waals surface area contributed by atoms with Gasteiger partial charge in [-0.3, -0.25) is 4.79 Å². The van der Waals surface area contributed by atoms with Crippen LogP contribution in [-0.2, 0) is 11.0 Å². The molecule has 28 heavy (non-hydrogen) atoms. The van der Waals surface area contributed by atoms with Crippen molar-refractivity contribution in [1.82, 2.24) is 9.88 Å². The topological polar surface area (TPSA) is 57.0 Å². The summed E-state index contributed by atoms with van der Waals surface area (Å²) in [5.74, 6) is -0.234. The van der Waals surface area contributed by atoms with Crippen LogP contribution in [0, 0.1) is 18.3 Å². The molecule has 2 rings (SSSR count). The van der Waals surface area contributed by atoms with Crippen LogP contribution in [0.3, 0.4) is 0 Å². The molecule has 148 valence electrons. The smallest absolute Gasteiger partial charge is 0.342 e. The zero-order chi connectivity index (χ0) is 20.9. The van der Waals surface area contributed by atoms with Crippen LogP contribution in [0.5, 0.6) is 0 Å². The molecule has 1 heterocycles. The minimum atomic E-state index is -4.68. The van der Waals surface area contributed by atoms with Crippen LogP contribution in [0.2, 0.25) is 0 Å². The minimum Gasteiger partial charge on any atom is -0.342 e. The van der Waals surface area contributed by atoms with Gasteiger partial charge >= 0.3 is 6.18 Å². The molecule has 0 bridgehead atoms. The van der Waals surface area contributed by atoms with E-state index in [4.69, 9.17) is 0 Å². The summed E-state index contributed by atoms with van der Waals surface area (Å²) in [7, 11) is 0. The minimum absolute atomic E-state index is 0.0933. The summed E-state index contributed by atoms with van der Waals surface area (Å²) in [6.07, 6.45) is -4.68. The molecule has 1 aromatic heterocycles. The molecular weight excluding hydrogens is 387 g/mol. The Hall–Kier alpha value is -2.53. The molecule has 4 nitrogen and oxygen atoms in total. The van der Waals surface area contributed by atoms with Gasteiger partial charge in [-0.15, -0.1) is 0 Å². The first kappa shape index (κ1) is 21.8. The number of nitriles is 1. The molecule has 0 saturated heterocycles. The van der Waals surface area contributed by atoms with Crippen molar-refractivity contribution in [2.24, 2.45) is 0 Å². The van der Waals surface area contributed by atoms with E-state index in [1.807, 2.05) is 13.8 Å². The Morgan fingerprint density at radius 3 is 2.36 bits per heavy atom. The van der Waals surface area contributed by atoms with Gasteiger partial charge in [0, 0.05) is 18.8 Å². The standard InChI is InChI=1S/C20H20F3N3OS/c1-4-26(5-2)19(27)17(14-9-7-6-8-10-14)28-18-15(12-24)16(20(21,22)23)11-13(3)25-18/h6-11,17H,4-5H2,1-3H3. The Balaban J connectivity index is 2.58. The molecule has 1 atom stereocenters. The number of hydrogen-bond donors (Lipinski definition) is 0. The molecule has 1 amide bonds. The van der Waals surface area contributed by atoms with Crippen LogP contribution in [0.25, 0.3) is 0 Å². The maximum Gasteiger partial charge on any atom is 0.417 e. The third-order valence-corrected chi connectivity index (χ3v) is 5.39. The Kier molecular flexibility index (Phi) is 7.08. The van der Waals surface area contributed by atoms with Crippen molar-refractivity contribution < 1.29 is 18.0 Å². The molecule has 0 radical (unpaired) electrons. The average molecular weight is 407 g/mol. The lowest BCUT2D eigenvalue weighted by atomic mass is 10.1. The number of nitrogens with zero attached hydrogens (tertiary/aromatic N) is 3. The van der Waals surface area contributed by atoms with Crippen LogP contribution in [-0.4, -0.2) is 28.9 Å². The molecule has 1 unspecified atom stereocenters. The number of aromatic nitrogens is 1. The summed E-state index contributed by atoms with van der Waals surface area (Å²) in [4.78, 5) is 18.8. The summed E-state index contributed by atoms with van der Waals surface area (Å²) in [6, 6.07) is 11.3. The second-order valence-electron chi connectivity index (χ2n) is 6.02. The normalized spacial score (nSPS) is 12.3. The molecule has 0 spiro atoms. The van der Waals surface area contributed by atoms with Gasteiger partial charge in [0.15, 0.2) is 0 Å². The van der Waals surface area contributed by atoms with E-state index >= 15 is 0 Å². The van der Waals surface area contributed by atoms with Crippen LogP contribution in [0.4, 0.5) is 13.2 Å². The summed E-state index contributed by atoms with van der Waals surface area (Å²) in [6.45, 7) is 6.05. The Bertz CT molecular complexity index is 875. The van der Waals surface area contributed by atoms with Gasteiger partial charge in [-0.1, -0.05) is 42.1 Å². The number of carbonyl (C=O) groups is 1. The zero-order valence-electron chi connectivity index (χ0n) is 15.7. The van der Waals surface area contributed by atoms with Crippen molar-refractivity contribution in [1.29, 1.82) is 5.26 Å². The van der Waals surface area contributed by atoms with Gasteiger partial charge in [-0.2, -0.15) is 18.4 Å². The van der Waals surface area contributed by atoms with Gasteiger partial charge in [0.2, 0.25) is 5.91 Å². The molecule has 2 aromatic rings. The fourth-order valence-corrected chi connectivity index (χ4v) is 4.00. The van der Waals surface area contributed by atoms with E-state index in [2.05, 4.69) is 4.98 Å². The lowest BCUT2D eigenvalue weighted by Crippen LogP contribution is -2.34. The van der Waals surface area contributed by atoms with E-state index in [1.165, 1.54) is 6.92 Å². The van der Waals surface area contributed by atoms with E-state index in [1.54, 1.807) is 41.3 Å². The van der Waals surface area contributed by atoms with Crippen molar-refractivity contribution in [3.05, 3.63) is 58.8 Å². The quantitative estimate of drug-likeness (QED) is 0.634. The van der Waals surface area contributed by atoms with Gasteiger partial charge in [0.25, 0.3) is 0 Å². The maximum absolute atomic E-state index is 13.4. The van der Waals surface area contributed by atoms with E-state index in [0.717, 1.165) is 17.8 Å². The highest BCUT2D eigenvalue weighted by Gasteiger charge is 2.37. The Labute approximate surface area is 166 Å². The number of carbonyl (C=O) groups excluding carboxylic acids is 1. The molecule has 0 aliphatic rings. The van der Waals surface area contributed by atoms with E-state index in [0.29, 0.717) is 18.7 Å². The maximum atomic E-state index is 13.4. The van der Waals surface area contributed by atoms with E-state index < -0.39 is 22.6 Å². The number of alkyl halides is 3. The van der Waals surface area contributed by atoms with Gasteiger partial charge in [-0.25, -0.2) is 4.98 Å². The van der Waals surface area contributed by atoms with Crippen LogP contribution in [0.15, 0.2) is 41.4 Å². The van der Waals surface area contributed by atoms with Crippen molar-refractivity contribution in [2.75, 3.05) is 13.1 Å². The van der Waals surface area contributed by atoms with Crippen LogP contribution >= 0.6 is 11.8 Å². The number of halogens is 3. The first-order chi connectivity index (χ1) is 13.2. The van der Waals surface area contributed by atoms with Gasteiger partial charge in [0.05, 0.1) is 11.1 Å². The van der Waals surface area contributed by atoms with Gasteiger partial charge < -0.3 is 4.90 Å². The number of likely N-dealkylation sites (N-methyl/N-ethyl adjacent to an activating group) is 1. The van der Waals surface area contributed by atoms with Crippen LogP contribution < -0.4 is 0 Å². The van der Waals surface area contributed by atoms with Crippen molar-refractivity contribution in [3.63, 3.8) is 0 Å². The average Bonchev–Trinajstić information content (AvgIpc) is 2.66. The number of thioether (sulfide) groups is 1. The first-order valence-corrected chi connectivity index (χ1v) is 9.60. The monoisotopic (exact) mass is 407 g/mol. The predicted molar refractivity (Wildman–Crippen MR) is 102 cm³/mol. The largest absolute Gasteiger partial charge is 0.417 e. The summed E-state index contributed by atoms with van der Waals surface area (Å²) in [5.41, 5.74) is -0.815. The third kappa shape index (κ3) is 4.84. The SMILES string of the molecule is CCN(CC)C(=O)C(Sc1nc(C)cc(C(F)(F)F)c1C#N)c1ccccc1. The lowest BCUT2D eigenvalue weighted by Gasteiger charge is -2.25. The molecular formula is C20H20F3N3OS. The Morgan fingerprint density at radius 1 is 1.25 bits per heavy atom. The highest BCUT2D eigenvalue weighted by molar-refractivity contribution is 8.00. The van der Waals surface area contributed by atoms with Crippen molar-refractivity contribution in [3.8, 4) is 6.07 Å². The van der Waals surface area contributed by atoms with Gasteiger partial charge in [0.1, 0.15) is 16.3 Å². The highest BCUT2D eigenvalue weighted by Crippen LogP contribution is 2.41. The van der Waals surface area contributed by atoms with Crippen LogP contribution in [0.1, 0.15) is 41.5 Å². The van der Waals surface area contributed by atoms with E-state index in [9.17, 15) is 23.2 Å². The predicted octanol–water partition coefficient (Wildman–Crippen LogP) is 4.98. The second kappa shape index (κ2) is 9.11. The molecule has 0 aliphatic heterocycles. The molecule has 0 fully saturated rings. The fraction of sp³-hybridized carbons (Fsp3) is 0.350. The molecule has 0 saturated carbocycles. The fourth-order valence-electron chi connectivity index (χ4n) is 2.76. The summed E-state index contributed by atoms with van der Waals surface area (Å²) >= 11 is 0.880. The molecule has 0 N–H and O–H groups in total. The molecule has 8 heteroatoms. The van der Waals surface area contributed by atoms with Crippen molar-refractivity contribution in [2.45, 2.75) is 37.2 Å². The van der Waals surface area contributed by atoms with E-state index in [-0.39, 0.29) is 16.6 Å². The Morgan fingerprint density at radius 2 is 1.86 bits per heavy atom. The van der Waals surface area contributed by atoms with Crippen molar-refractivity contribution >= 4 is 17.7 Å². The number of amides is 1. The number of rotatable bonds is 6. The summed E-state index contributed by atoms with van der Waals surface area (Å²) in [5, 5.41) is 8.48. The first-order valence-electron chi connectivity index (χ1n) is 8.72. The molecule has 1 aromatic carbocycles. The number of hydrogen-bond acceptors (Lipinski definition) is 4. The third-order valence-electron chi connectivity index (χ3n) is 4.16. The highest BCUT2D eigenvalue weighted by atomic mass is 32.2. The zero-order valence-corrected chi connectivity index (χ0v) is 16.6. The lowest BCUT2D eigenvalue weighted by molar-refractivity contribution is -0.138. The number of benzene rings is 1. The number of aryl methyl sites for hydroxylation is 1. The summed E-state index contributed by atoms with van der Waals surface area (Å²) < 4.78 is 40.2. The van der Waals surface area contributed by atoms with Gasteiger partial charge in [-0.05, 0) is 32.4 Å². The number of pyridine rings is 1. The second-order valence-corrected chi connectivity index (χ2v) is 7.11. The molecule has 0 aliphatic carbocycles.